The number of ether oxygens (including phenoxy) is 3. The topological polar surface area (TPSA) is 82.2 Å². The molecule has 0 aliphatic rings. The number of H-pyrrole nitrogens is 1. The van der Waals surface area contributed by atoms with Crippen LogP contribution in [0.3, 0.4) is 0 Å². The maximum atomic E-state index is 5.50. The van der Waals surface area contributed by atoms with Gasteiger partial charge in [0.2, 0.25) is 11.6 Å². The summed E-state index contributed by atoms with van der Waals surface area (Å²) in [7, 11) is 4.75. The minimum absolute atomic E-state index is 0.476. The first-order valence-corrected chi connectivity index (χ1v) is 9.35. The van der Waals surface area contributed by atoms with Gasteiger partial charge in [-0.1, -0.05) is 18.2 Å². The lowest BCUT2D eigenvalue weighted by molar-refractivity contribution is 0.324. The molecule has 28 heavy (non-hydrogen) atoms. The van der Waals surface area contributed by atoms with Crippen LogP contribution in [-0.4, -0.2) is 42.0 Å². The average molecular weight is 394 g/mol. The number of tetrazole rings is 1. The Morgan fingerprint density at radius 1 is 1.04 bits per heavy atom. The Hall–Kier alpha value is -3.39. The van der Waals surface area contributed by atoms with Crippen molar-refractivity contribution >= 4 is 33.1 Å². The molecule has 4 rings (SSSR count). The highest BCUT2D eigenvalue weighted by Gasteiger charge is 2.18. The molecule has 0 saturated carbocycles. The SMILES string of the molecule is COc1cc(/C(=C/c2csc3ccccc23)c2nn[nH]n2)cc(OC)c1OC. The second-order valence-electron chi connectivity index (χ2n) is 5.89. The number of hydrogen-bond acceptors (Lipinski definition) is 7. The van der Waals surface area contributed by atoms with Gasteiger partial charge in [0.15, 0.2) is 11.5 Å². The van der Waals surface area contributed by atoms with Crippen LogP contribution in [0.2, 0.25) is 0 Å². The van der Waals surface area contributed by atoms with Gasteiger partial charge in [-0.2, -0.15) is 5.21 Å². The van der Waals surface area contributed by atoms with Gasteiger partial charge in [-0.25, -0.2) is 0 Å². The number of aromatic amines is 1. The summed E-state index contributed by atoms with van der Waals surface area (Å²) in [6.45, 7) is 0. The third kappa shape index (κ3) is 3.18. The number of hydrogen-bond donors (Lipinski definition) is 1. The number of fused-ring (bicyclic) bond motifs is 1. The lowest BCUT2D eigenvalue weighted by Crippen LogP contribution is -1.98. The van der Waals surface area contributed by atoms with E-state index in [9.17, 15) is 0 Å². The van der Waals surface area contributed by atoms with Crippen molar-refractivity contribution in [3.63, 3.8) is 0 Å². The molecule has 2 aromatic carbocycles. The molecular weight excluding hydrogens is 376 g/mol. The summed E-state index contributed by atoms with van der Waals surface area (Å²) < 4.78 is 17.6. The van der Waals surface area contributed by atoms with Crippen LogP contribution in [-0.2, 0) is 0 Å². The zero-order valence-electron chi connectivity index (χ0n) is 15.6. The Bertz CT molecular complexity index is 1110. The van der Waals surface area contributed by atoms with Crippen molar-refractivity contribution in [3.05, 3.63) is 58.7 Å². The lowest BCUT2D eigenvalue weighted by atomic mass is 10.0. The van der Waals surface area contributed by atoms with E-state index < -0.39 is 0 Å². The van der Waals surface area contributed by atoms with E-state index in [2.05, 4.69) is 38.1 Å². The van der Waals surface area contributed by atoms with Gasteiger partial charge in [0, 0.05) is 10.3 Å². The van der Waals surface area contributed by atoms with Gasteiger partial charge >= 0.3 is 0 Å². The van der Waals surface area contributed by atoms with Crippen LogP contribution in [0.1, 0.15) is 17.0 Å². The predicted molar refractivity (Wildman–Crippen MR) is 109 cm³/mol. The molecule has 0 saturated heterocycles. The fourth-order valence-electron chi connectivity index (χ4n) is 3.06. The van der Waals surface area contributed by atoms with E-state index in [4.69, 9.17) is 14.2 Å². The van der Waals surface area contributed by atoms with Gasteiger partial charge in [-0.05, 0) is 51.4 Å². The molecule has 0 bridgehead atoms. The van der Waals surface area contributed by atoms with E-state index in [-0.39, 0.29) is 0 Å². The molecule has 0 fully saturated rings. The van der Waals surface area contributed by atoms with Crippen LogP contribution in [0, 0.1) is 0 Å². The molecule has 142 valence electrons. The van der Waals surface area contributed by atoms with Gasteiger partial charge in [0.1, 0.15) is 0 Å². The second-order valence-corrected chi connectivity index (χ2v) is 6.81. The smallest absolute Gasteiger partial charge is 0.205 e. The van der Waals surface area contributed by atoms with Crippen LogP contribution in [0.5, 0.6) is 17.2 Å². The Kier molecular flexibility index (Phi) is 4.94. The molecule has 2 aromatic heterocycles. The second kappa shape index (κ2) is 7.69. The number of aromatic nitrogens is 4. The number of methoxy groups -OCH3 is 3. The molecule has 7 nitrogen and oxygen atoms in total. The number of thiophene rings is 1. The lowest BCUT2D eigenvalue weighted by Gasteiger charge is -2.14. The van der Waals surface area contributed by atoms with E-state index in [1.54, 1.807) is 32.7 Å². The fraction of sp³-hybridized carbons (Fsp3) is 0.150. The molecule has 0 amide bonds. The Morgan fingerprint density at radius 3 is 2.43 bits per heavy atom. The minimum Gasteiger partial charge on any atom is -0.493 e. The van der Waals surface area contributed by atoms with Crippen LogP contribution in [0.25, 0.3) is 21.7 Å². The summed E-state index contributed by atoms with van der Waals surface area (Å²) in [6, 6.07) is 12.0. The third-order valence-corrected chi connectivity index (χ3v) is 5.35. The van der Waals surface area contributed by atoms with Gasteiger partial charge in [-0.3, -0.25) is 0 Å². The van der Waals surface area contributed by atoms with Crippen LogP contribution in [0.15, 0.2) is 41.8 Å². The first kappa shape index (κ1) is 18.0. The summed E-state index contributed by atoms with van der Waals surface area (Å²) in [4.78, 5) is 0. The molecule has 0 aliphatic heterocycles. The van der Waals surface area contributed by atoms with E-state index in [0.717, 1.165) is 16.7 Å². The zero-order valence-corrected chi connectivity index (χ0v) is 16.4. The average Bonchev–Trinajstić information content (AvgIpc) is 3.41. The molecule has 0 spiro atoms. The molecule has 1 N–H and O–H groups in total. The summed E-state index contributed by atoms with van der Waals surface area (Å²) in [5.74, 6) is 2.12. The third-order valence-electron chi connectivity index (χ3n) is 4.37. The molecule has 0 radical (unpaired) electrons. The number of benzene rings is 2. The maximum absolute atomic E-state index is 5.50. The standard InChI is InChI=1S/C20H18N4O3S/c1-25-16-9-12(10-17(26-2)19(16)27-3)15(20-21-23-24-22-20)8-13-11-28-18-7-5-4-6-14(13)18/h4-11H,1-3H3,(H,21,22,23,24)/b15-8-. The summed E-state index contributed by atoms with van der Waals surface area (Å²) in [5.41, 5.74) is 2.69. The van der Waals surface area contributed by atoms with Crippen molar-refractivity contribution in [2.24, 2.45) is 0 Å². The quantitative estimate of drug-likeness (QED) is 0.532. The number of nitrogens with one attached hydrogen (secondary N) is 1. The van der Waals surface area contributed by atoms with Crippen molar-refractivity contribution in [3.8, 4) is 17.2 Å². The fourth-order valence-corrected chi connectivity index (χ4v) is 3.97. The summed E-state index contributed by atoms with van der Waals surface area (Å²) >= 11 is 1.69. The minimum atomic E-state index is 0.476. The van der Waals surface area contributed by atoms with E-state index in [1.807, 2.05) is 30.3 Å². The van der Waals surface area contributed by atoms with Crippen molar-refractivity contribution in [2.45, 2.75) is 0 Å². The maximum Gasteiger partial charge on any atom is 0.205 e. The Labute approximate surface area is 165 Å². The van der Waals surface area contributed by atoms with Gasteiger partial charge < -0.3 is 14.2 Å². The van der Waals surface area contributed by atoms with Gasteiger partial charge in [0.25, 0.3) is 0 Å². The molecule has 0 atom stereocenters. The molecule has 4 aromatic rings. The van der Waals surface area contributed by atoms with Crippen molar-refractivity contribution < 1.29 is 14.2 Å². The van der Waals surface area contributed by atoms with Crippen LogP contribution in [0.4, 0.5) is 0 Å². The molecule has 2 heterocycles. The Morgan fingerprint density at radius 2 is 1.79 bits per heavy atom. The van der Waals surface area contributed by atoms with E-state index in [1.165, 1.54) is 10.1 Å². The highest BCUT2D eigenvalue weighted by molar-refractivity contribution is 7.17. The first-order chi connectivity index (χ1) is 13.7. The number of nitrogens with zero attached hydrogens (tertiary/aromatic N) is 3. The highest BCUT2D eigenvalue weighted by atomic mass is 32.1. The van der Waals surface area contributed by atoms with E-state index >= 15 is 0 Å². The van der Waals surface area contributed by atoms with Crippen molar-refractivity contribution in [1.82, 2.24) is 20.6 Å². The first-order valence-electron chi connectivity index (χ1n) is 8.47. The highest BCUT2D eigenvalue weighted by Crippen LogP contribution is 2.41. The van der Waals surface area contributed by atoms with Gasteiger partial charge in [0.05, 0.1) is 21.3 Å². The zero-order chi connectivity index (χ0) is 19.5. The van der Waals surface area contributed by atoms with Gasteiger partial charge in [-0.15, -0.1) is 21.5 Å². The van der Waals surface area contributed by atoms with Crippen LogP contribution < -0.4 is 14.2 Å². The monoisotopic (exact) mass is 394 g/mol. The molecule has 0 aliphatic carbocycles. The molecule has 0 unspecified atom stereocenters. The number of rotatable bonds is 6. The van der Waals surface area contributed by atoms with Crippen LogP contribution >= 0.6 is 11.3 Å². The Balaban J connectivity index is 1.93. The largest absolute Gasteiger partial charge is 0.493 e. The van der Waals surface area contributed by atoms with Crippen molar-refractivity contribution in [1.29, 1.82) is 0 Å². The molecular formula is C20H18N4O3S. The van der Waals surface area contributed by atoms with Crippen molar-refractivity contribution in [2.75, 3.05) is 21.3 Å². The normalized spacial score (nSPS) is 11.6. The molecule has 8 heteroatoms. The summed E-state index contributed by atoms with van der Waals surface area (Å²) in [6.07, 6.45) is 2.05. The predicted octanol–water partition coefficient (Wildman–Crippen LogP) is 4.03. The van der Waals surface area contributed by atoms with E-state index in [0.29, 0.717) is 23.1 Å². The summed E-state index contributed by atoms with van der Waals surface area (Å²) in [5, 5.41) is 17.9.